The molecule has 0 unspecified atom stereocenters. The van der Waals surface area contributed by atoms with Crippen LogP contribution in [0.15, 0.2) is 87.2 Å². The van der Waals surface area contributed by atoms with Crippen molar-refractivity contribution < 1.29 is 9.47 Å². The van der Waals surface area contributed by atoms with Gasteiger partial charge < -0.3 is 9.47 Å². The zero-order valence-electron chi connectivity index (χ0n) is 20.9. The van der Waals surface area contributed by atoms with Crippen LogP contribution < -0.4 is 15.0 Å². The molecule has 5 aromatic rings. The van der Waals surface area contributed by atoms with Crippen LogP contribution in [0.5, 0.6) is 11.5 Å². The van der Waals surface area contributed by atoms with E-state index in [1.165, 1.54) is 10.1 Å². The quantitative estimate of drug-likeness (QED) is 0.127. The van der Waals surface area contributed by atoms with Crippen LogP contribution in [-0.2, 0) is 13.0 Å². The van der Waals surface area contributed by atoms with E-state index in [1.807, 2.05) is 42.5 Å². The first-order chi connectivity index (χ1) is 18.5. The summed E-state index contributed by atoms with van der Waals surface area (Å²) in [4.78, 5) is 18.0. The fourth-order valence-electron chi connectivity index (χ4n) is 4.35. The predicted molar refractivity (Wildman–Crippen MR) is 165 cm³/mol. The summed E-state index contributed by atoms with van der Waals surface area (Å²) in [5.41, 5.74) is 2.35. The average Bonchev–Trinajstić information content (AvgIpc) is 2.92. The van der Waals surface area contributed by atoms with Gasteiger partial charge in [0, 0.05) is 10.9 Å². The highest BCUT2D eigenvalue weighted by Crippen LogP contribution is 2.34. The Hall–Kier alpha value is -3.24. The number of nitrogens with zero attached hydrogens (tertiary/aromatic N) is 3. The molecule has 0 aliphatic rings. The van der Waals surface area contributed by atoms with E-state index >= 15 is 0 Å². The maximum atomic E-state index is 13.3. The van der Waals surface area contributed by atoms with Gasteiger partial charge in [0.25, 0.3) is 5.56 Å². The summed E-state index contributed by atoms with van der Waals surface area (Å²) in [5, 5.41) is 7.40. The van der Waals surface area contributed by atoms with Crippen LogP contribution in [0.25, 0.3) is 21.7 Å². The number of ether oxygens (including phenoxy) is 2. The molecule has 0 N–H and O–H groups in total. The van der Waals surface area contributed by atoms with E-state index < -0.39 is 0 Å². The van der Waals surface area contributed by atoms with Gasteiger partial charge in [-0.3, -0.25) is 4.79 Å². The summed E-state index contributed by atoms with van der Waals surface area (Å²) in [6.07, 6.45) is 3.14. The Morgan fingerprint density at radius 3 is 2.68 bits per heavy atom. The van der Waals surface area contributed by atoms with Crippen LogP contribution in [0.1, 0.15) is 30.3 Å². The number of hydrogen-bond acceptors (Lipinski definition) is 5. The molecule has 0 aliphatic heterocycles. The minimum atomic E-state index is -0.201. The molecule has 0 spiro atoms. The highest BCUT2D eigenvalue weighted by atomic mass is 127. The summed E-state index contributed by atoms with van der Waals surface area (Å²) >= 11 is 5.68. The molecule has 0 fully saturated rings. The molecule has 0 aliphatic carbocycles. The van der Waals surface area contributed by atoms with E-state index in [-0.39, 0.29) is 5.56 Å². The largest absolute Gasteiger partial charge is 0.493 e. The lowest BCUT2D eigenvalue weighted by molar-refractivity contribution is 0.283. The van der Waals surface area contributed by atoms with Gasteiger partial charge >= 0.3 is 0 Å². The average molecular weight is 682 g/mol. The van der Waals surface area contributed by atoms with Crippen molar-refractivity contribution in [3.8, 4) is 11.5 Å². The molecule has 0 atom stereocenters. The van der Waals surface area contributed by atoms with Crippen molar-refractivity contribution in [2.75, 3.05) is 7.11 Å². The molecule has 38 heavy (non-hydrogen) atoms. The van der Waals surface area contributed by atoms with Crippen molar-refractivity contribution in [3.05, 3.63) is 108 Å². The van der Waals surface area contributed by atoms with E-state index in [2.05, 4.69) is 74.8 Å². The molecule has 0 bridgehead atoms. The van der Waals surface area contributed by atoms with Crippen LogP contribution in [0.3, 0.4) is 0 Å². The lowest BCUT2D eigenvalue weighted by Crippen LogP contribution is -2.22. The zero-order chi connectivity index (χ0) is 26.6. The lowest BCUT2D eigenvalue weighted by atomic mass is 10.1. The maximum Gasteiger partial charge on any atom is 0.282 e. The molecule has 0 saturated heterocycles. The summed E-state index contributed by atoms with van der Waals surface area (Å²) < 4.78 is 15.0. The predicted octanol–water partition coefficient (Wildman–Crippen LogP) is 7.34. The Kier molecular flexibility index (Phi) is 8.09. The van der Waals surface area contributed by atoms with Crippen molar-refractivity contribution in [2.24, 2.45) is 5.10 Å². The Bertz CT molecular complexity index is 1730. The highest BCUT2D eigenvalue weighted by Gasteiger charge is 2.14. The van der Waals surface area contributed by atoms with Crippen LogP contribution >= 0.6 is 38.5 Å². The van der Waals surface area contributed by atoms with Crippen molar-refractivity contribution >= 4 is 66.4 Å². The molecule has 6 nitrogen and oxygen atoms in total. The first-order valence-corrected chi connectivity index (χ1v) is 14.1. The van der Waals surface area contributed by atoms with Crippen molar-refractivity contribution in [1.82, 2.24) is 9.66 Å². The fraction of sp³-hybridized carbons (Fsp3) is 0.167. The fourth-order valence-corrected chi connectivity index (χ4v) is 5.49. The second-order valence-corrected chi connectivity index (χ2v) is 10.8. The first-order valence-electron chi connectivity index (χ1n) is 12.2. The van der Waals surface area contributed by atoms with Gasteiger partial charge in [-0.2, -0.15) is 9.78 Å². The molecule has 0 radical (unpaired) electrons. The summed E-state index contributed by atoms with van der Waals surface area (Å²) in [5.74, 6) is 1.89. The van der Waals surface area contributed by atoms with Gasteiger partial charge in [-0.25, -0.2) is 4.98 Å². The molecule has 0 saturated carbocycles. The number of hydrogen-bond donors (Lipinski definition) is 0. The van der Waals surface area contributed by atoms with E-state index in [1.54, 1.807) is 19.4 Å². The molecule has 5 rings (SSSR count). The normalized spacial score (nSPS) is 11.5. The third kappa shape index (κ3) is 5.47. The summed E-state index contributed by atoms with van der Waals surface area (Å²) in [7, 11) is 1.62. The highest BCUT2D eigenvalue weighted by molar-refractivity contribution is 14.1. The molecule has 192 valence electrons. The van der Waals surface area contributed by atoms with Crippen molar-refractivity contribution in [1.29, 1.82) is 0 Å². The number of aryl methyl sites for hydroxylation is 1. The smallest absolute Gasteiger partial charge is 0.282 e. The Balaban J connectivity index is 1.46. The molecule has 8 heteroatoms. The molecule has 1 heterocycles. The van der Waals surface area contributed by atoms with Crippen molar-refractivity contribution in [2.45, 2.75) is 26.4 Å². The van der Waals surface area contributed by atoms with Gasteiger partial charge in [0.05, 0.1) is 27.8 Å². The summed E-state index contributed by atoms with van der Waals surface area (Å²) in [6, 6.07) is 23.8. The van der Waals surface area contributed by atoms with Gasteiger partial charge in [0.2, 0.25) is 0 Å². The third-order valence-electron chi connectivity index (χ3n) is 6.17. The monoisotopic (exact) mass is 681 g/mol. The van der Waals surface area contributed by atoms with Crippen LogP contribution in [0.2, 0.25) is 0 Å². The molecule has 1 aromatic heterocycles. The minimum Gasteiger partial charge on any atom is -0.493 e. The van der Waals surface area contributed by atoms with Crippen molar-refractivity contribution in [3.63, 3.8) is 0 Å². The number of methoxy groups -OCH3 is 1. The van der Waals surface area contributed by atoms with Gasteiger partial charge in [-0.15, -0.1) is 0 Å². The second-order valence-electron chi connectivity index (χ2n) is 8.76. The first kappa shape index (κ1) is 26.4. The van der Waals surface area contributed by atoms with E-state index in [9.17, 15) is 4.79 Å². The minimum absolute atomic E-state index is 0.201. The molecular weight excluding hydrogens is 657 g/mol. The third-order valence-corrected chi connectivity index (χ3v) is 7.47. The topological polar surface area (TPSA) is 65.7 Å². The standard InChI is InChI=1S/C30H25BrIN3O3/c1-3-7-28-34-26-13-12-22(31)16-24(26)30(36)35(28)33-17-19-14-25(32)29(27(15-19)37-2)38-18-21-10-6-9-20-8-4-5-11-23(20)21/h4-6,8-17H,3,7,18H2,1-2H3. The van der Waals surface area contributed by atoms with Gasteiger partial charge in [-0.1, -0.05) is 65.3 Å². The Labute approximate surface area is 242 Å². The van der Waals surface area contributed by atoms with E-state index in [0.29, 0.717) is 41.3 Å². The molecule has 0 amide bonds. The van der Waals surface area contributed by atoms with E-state index in [4.69, 9.17) is 14.5 Å². The summed E-state index contributed by atoms with van der Waals surface area (Å²) in [6.45, 7) is 2.46. The number of fused-ring (bicyclic) bond motifs is 2. The van der Waals surface area contributed by atoms with Crippen LogP contribution in [0, 0.1) is 3.57 Å². The zero-order valence-corrected chi connectivity index (χ0v) is 24.7. The lowest BCUT2D eigenvalue weighted by Gasteiger charge is -2.15. The number of benzene rings is 4. The number of aromatic nitrogens is 2. The van der Waals surface area contributed by atoms with Crippen LogP contribution in [0.4, 0.5) is 0 Å². The Morgan fingerprint density at radius 1 is 1.05 bits per heavy atom. The maximum absolute atomic E-state index is 13.3. The van der Waals surface area contributed by atoms with E-state index in [0.717, 1.165) is 31.0 Å². The molecular formula is C30H25BrIN3O3. The number of halogens is 2. The van der Waals surface area contributed by atoms with Gasteiger partial charge in [0.15, 0.2) is 11.5 Å². The van der Waals surface area contributed by atoms with Gasteiger partial charge in [0.1, 0.15) is 12.4 Å². The SMILES string of the molecule is CCCc1nc2ccc(Br)cc2c(=O)n1N=Cc1cc(I)c(OCc2cccc3ccccc23)c(OC)c1. The number of rotatable bonds is 8. The van der Waals surface area contributed by atoms with Gasteiger partial charge in [-0.05, 0) is 81.2 Å². The second kappa shape index (κ2) is 11.7. The van der Waals surface area contributed by atoms with Crippen LogP contribution in [-0.4, -0.2) is 23.0 Å². The molecule has 4 aromatic carbocycles. The Morgan fingerprint density at radius 2 is 1.87 bits per heavy atom.